The second-order valence-corrected chi connectivity index (χ2v) is 5.46. The quantitative estimate of drug-likeness (QED) is 0.351. The van der Waals surface area contributed by atoms with Gasteiger partial charge in [-0.25, -0.2) is 0 Å². The third-order valence-corrected chi connectivity index (χ3v) is 3.29. The summed E-state index contributed by atoms with van der Waals surface area (Å²) in [6.07, 6.45) is 12.6. The van der Waals surface area contributed by atoms with E-state index in [2.05, 4.69) is 13.8 Å². The van der Waals surface area contributed by atoms with Gasteiger partial charge in [0, 0.05) is 6.61 Å². The van der Waals surface area contributed by atoms with Crippen molar-refractivity contribution in [2.45, 2.75) is 77.7 Å². The smallest absolute Gasteiger partial charge is 0.229 e. The lowest BCUT2D eigenvalue weighted by Crippen LogP contribution is -1.98. The summed E-state index contributed by atoms with van der Waals surface area (Å²) in [6.45, 7) is 5.44. The van der Waals surface area contributed by atoms with E-state index in [4.69, 9.17) is 4.43 Å². The van der Waals surface area contributed by atoms with Gasteiger partial charge in [0.25, 0.3) is 0 Å². The van der Waals surface area contributed by atoms with Crippen LogP contribution in [0.1, 0.15) is 71.6 Å². The molecule has 0 saturated carbocycles. The maximum absolute atomic E-state index is 5.47. The van der Waals surface area contributed by atoms with E-state index < -0.39 is 0 Å². The lowest BCUT2D eigenvalue weighted by atomic mass is 10.1. The molecule has 0 atom stereocenters. The summed E-state index contributed by atoms with van der Waals surface area (Å²) in [5, 5.41) is 0. The molecule has 0 aromatic carbocycles. The minimum atomic E-state index is 0.727. The maximum Gasteiger partial charge on any atom is 0.229 e. The molecule has 0 aromatic heterocycles. The van der Waals surface area contributed by atoms with E-state index in [-0.39, 0.29) is 0 Å². The molecule has 0 unspecified atom stereocenters. The summed E-state index contributed by atoms with van der Waals surface area (Å²) in [4.78, 5) is 0. The first-order valence-corrected chi connectivity index (χ1v) is 7.88. The molecule has 2 heteroatoms. The average molecular weight is 228 g/mol. The Kier molecular flexibility index (Phi) is 14.3. The Hall–Kier alpha value is 0.177. The SMILES string of the molecule is CCCCCCCCCCCO[Si]CC. The molecule has 0 aliphatic carbocycles. The van der Waals surface area contributed by atoms with Crippen LogP contribution < -0.4 is 0 Å². The van der Waals surface area contributed by atoms with Crippen molar-refractivity contribution in [1.82, 2.24) is 0 Å². The first-order valence-electron chi connectivity index (χ1n) is 6.76. The summed E-state index contributed by atoms with van der Waals surface area (Å²) in [6, 6.07) is 1.18. The first-order chi connectivity index (χ1) is 7.41. The van der Waals surface area contributed by atoms with Crippen molar-refractivity contribution in [3.8, 4) is 0 Å². The van der Waals surface area contributed by atoms with Gasteiger partial charge in [0.2, 0.25) is 9.76 Å². The van der Waals surface area contributed by atoms with Gasteiger partial charge in [-0.3, -0.25) is 0 Å². The van der Waals surface area contributed by atoms with Crippen molar-refractivity contribution >= 4 is 9.76 Å². The van der Waals surface area contributed by atoms with Gasteiger partial charge in [0.05, 0.1) is 0 Å². The normalized spacial score (nSPS) is 10.8. The van der Waals surface area contributed by atoms with Crippen LogP contribution in [0.3, 0.4) is 0 Å². The summed E-state index contributed by atoms with van der Waals surface area (Å²) in [5.74, 6) is 0. The van der Waals surface area contributed by atoms with Crippen LogP contribution in [0, 0.1) is 0 Å². The molecule has 90 valence electrons. The fourth-order valence-electron chi connectivity index (χ4n) is 1.66. The molecule has 0 fully saturated rings. The van der Waals surface area contributed by atoms with Crippen LogP contribution in [0.25, 0.3) is 0 Å². The van der Waals surface area contributed by atoms with E-state index in [1.165, 1.54) is 63.8 Å². The molecule has 0 aliphatic heterocycles. The van der Waals surface area contributed by atoms with Gasteiger partial charge >= 0.3 is 0 Å². The summed E-state index contributed by atoms with van der Waals surface area (Å²) in [5.41, 5.74) is 0. The van der Waals surface area contributed by atoms with E-state index in [0.29, 0.717) is 0 Å². The van der Waals surface area contributed by atoms with E-state index in [0.717, 1.165) is 16.4 Å². The Morgan fingerprint density at radius 3 is 1.80 bits per heavy atom. The first kappa shape index (κ1) is 15.2. The predicted molar refractivity (Wildman–Crippen MR) is 69.4 cm³/mol. The van der Waals surface area contributed by atoms with Crippen molar-refractivity contribution in [2.75, 3.05) is 6.61 Å². The minimum absolute atomic E-state index is 0.727. The second kappa shape index (κ2) is 14.2. The van der Waals surface area contributed by atoms with Crippen LogP contribution in [-0.4, -0.2) is 16.4 Å². The number of unbranched alkanes of at least 4 members (excludes halogenated alkanes) is 8. The van der Waals surface area contributed by atoms with E-state index in [9.17, 15) is 0 Å². The van der Waals surface area contributed by atoms with Gasteiger partial charge in [0.1, 0.15) is 0 Å². The van der Waals surface area contributed by atoms with Gasteiger partial charge in [-0.15, -0.1) is 0 Å². The standard InChI is InChI=1S/C13H28OSi/c1-3-5-6-7-8-9-10-11-12-13-14-15-4-2/h3-13H2,1-2H3. The Labute approximate surface area is 98.9 Å². The second-order valence-electron chi connectivity index (χ2n) is 4.17. The Balaban J connectivity index is 2.81. The van der Waals surface area contributed by atoms with Gasteiger partial charge < -0.3 is 4.43 Å². The minimum Gasteiger partial charge on any atom is -0.417 e. The number of hydrogen-bond donors (Lipinski definition) is 0. The van der Waals surface area contributed by atoms with Crippen LogP contribution in [0.4, 0.5) is 0 Å². The molecule has 2 radical (unpaired) electrons. The van der Waals surface area contributed by atoms with Gasteiger partial charge in [-0.2, -0.15) is 0 Å². The molecule has 0 aliphatic rings. The molecule has 0 spiro atoms. The van der Waals surface area contributed by atoms with Crippen LogP contribution in [0.5, 0.6) is 0 Å². The molecule has 0 bridgehead atoms. The van der Waals surface area contributed by atoms with Gasteiger partial charge in [0.15, 0.2) is 0 Å². The molecule has 0 saturated heterocycles. The molecule has 0 aromatic rings. The maximum atomic E-state index is 5.47. The molecule has 1 nitrogen and oxygen atoms in total. The zero-order valence-corrected chi connectivity index (χ0v) is 11.7. The van der Waals surface area contributed by atoms with Crippen LogP contribution in [0.15, 0.2) is 0 Å². The zero-order valence-electron chi connectivity index (χ0n) is 10.7. The van der Waals surface area contributed by atoms with Crippen LogP contribution in [0.2, 0.25) is 6.04 Å². The third-order valence-electron chi connectivity index (χ3n) is 2.60. The fourth-order valence-corrected chi connectivity index (χ4v) is 2.15. The average Bonchev–Trinajstić information content (AvgIpc) is 2.26. The molecule has 0 N–H and O–H groups in total. The highest BCUT2D eigenvalue weighted by Gasteiger charge is 1.92. The lowest BCUT2D eigenvalue weighted by molar-refractivity contribution is 0.320. The van der Waals surface area contributed by atoms with Gasteiger partial charge in [-0.05, 0) is 12.5 Å². The van der Waals surface area contributed by atoms with E-state index in [1.807, 2.05) is 0 Å². The summed E-state index contributed by atoms with van der Waals surface area (Å²) < 4.78 is 5.47. The molecule has 0 heterocycles. The summed E-state index contributed by atoms with van der Waals surface area (Å²) >= 11 is 0. The predicted octanol–water partition coefficient (Wildman–Crippen LogP) is 4.59. The van der Waals surface area contributed by atoms with Crippen molar-refractivity contribution in [1.29, 1.82) is 0 Å². The molecular formula is C13H28OSi. The van der Waals surface area contributed by atoms with Gasteiger partial charge in [-0.1, -0.05) is 65.2 Å². The van der Waals surface area contributed by atoms with Crippen molar-refractivity contribution in [2.24, 2.45) is 0 Å². The van der Waals surface area contributed by atoms with E-state index >= 15 is 0 Å². The zero-order chi connectivity index (χ0) is 11.2. The Morgan fingerprint density at radius 1 is 0.733 bits per heavy atom. The number of hydrogen-bond acceptors (Lipinski definition) is 1. The van der Waals surface area contributed by atoms with Crippen LogP contribution in [-0.2, 0) is 4.43 Å². The molecule has 15 heavy (non-hydrogen) atoms. The topological polar surface area (TPSA) is 9.23 Å². The third kappa shape index (κ3) is 14.2. The largest absolute Gasteiger partial charge is 0.417 e. The Morgan fingerprint density at radius 2 is 1.27 bits per heavy atom. The van der Waals surface area contributed by atoms with Crippen molar-refractivity contribution < 1.29 is 4.43 Å². The fraction of sp³-hybridized carbons (Fsp3) is 1.00. The van der Waals surface area contributed by atoms with E-state index in [1.54, 1.807) is 0 Å². The molecule has 0 amide bonds. The summed E-state index contributed by atoms with van der Waals surface area (Å²) in [7, 11) is 0.727. The Bertz CT molecular complexity index is 94.7. The highest BCUT2D eigenvalue weighted by Crippen LogP contribution is 2.09. The van der Waals surface area contributed by atoms with Crippen molar-refractivity contribution in [3.63, 3.8) is 0 Å². The highest BCUT2D eigenvalue weighted by atomic mass is 28.2. The molecule has 0 rings (SSSR count). The van der Waals surface area contributed by atoms with Crippen LogP contribution >= 0.6 is 0 Å². The molecular weight excluding hydrogens is 200 g/mol. The van der Waals surface area contributed by atoms with Crippen molar-refractivity contribution in [3.05, 3.63) is 0 Å². The highest BCUT2D eigenvalue weighted by molar-refractivity contribution is 6.26. The lowest BCUT2D eigenvalue weighted by Gasteiger charge is -2.02. The monoisotopic (exact) mass is 228 g/mol. The number of rotatable bonds is 12.